The van der Waals surface area contributed by atoms with Crippen LogP contribution >= 0.6 is 0 Å². The van der Waals surface area contributed by atoms with Crippen molar-refractivity contribution < 1.29 is 9.53 Å². The van der Waals surface area contributed by atoms with Crippen molar-refractivity contribution in [1.82, 2.24) is 5.32 Å². The molecule has 2 unspecified atom stereocenters. The zero-order chi connectivity index (χ0) is 17.5. The molecule has 0 aromatic heterocycles. The van der Waals surface area contributed by atoms with Gasteiger partial charge in [0.1, 0.15) is 5.75 Å². The number of ether oxygens (including phenoxy) is 1. The van der Waals surface area contributed by atoms with Crippen molar-refractivity contribution >= 4 is 11.6 Å². The number of carbonyl (C=O) groups excluding carboxylic acids is 1. The first-order chi connectivity index (χ1) is 12.2. The van der Waals surface area contributed by atoms with Crippen LogP contribution in [0, 0.1) is 0 Å². The maximum Gasteiger partial charge on any atom is 0.241 e. The molecular formula is C21H26N2O2. The summed E-state index contributed by atoms with van der Waals surface area (Å²) in [5.41, 5.74) is 2.03. The van der Waals surface area contributed by atoms with Gasteiger partial charge in [0.15, 0.2) is 0 Å². The quantitative estimate of drug-likeness (QED) is 0.843. The highest BCUT2D eigenvalue weighted by molar-refractivity contribution is 5.95. The fourth-order valence-electron chi connectivity index (χ4n) is 3.17. The molecule has 132 valence electrons. The van der Waals surface area contributed by atoms with Crippen LogP contribution in [0.4, 0.5) is 5.69 Å². The lowest BCUT2D eigenvalue weighted by Crippen LogP contribution is -2.47. The maximum atomic E-state index is 12.4. The van der Waals surface area contributed by atoms with E-state index in [9.17, 15) is 4.79 Å². The lowest BCUT2D eigenvalue weighted by molar-refractivity contribution is -0.118. The second kappa shape index (κ2) is 8.67. The van der Waals surface area contributed by atoms with E-state index in [1.165, 1.54) is 5.56 Å². The highest BCUT2D eigenvalue weighted by Gasteiger charge is 2.24. The van der Waals surface area contributed by atoms with Crippen molar-refractivity contribution in [2.75, 3.05) is 11.9 Å². The summed E-state index contributed by atoms with van der Waals surface area (Å²) in [6, 6.07) is 18.2. The van der Waals surface area contributed by atoms with Gasteiger partial charge in [0, 0.05) is 24.2 Å². The number of hydrogen-bond acceptors (Lipinski definition) is 3. The normalized spacial score (nSPS) is 20.0. The van der Waals surface area contributed by atoms with Gasteiger partial charge < -0.3 is 15.4 Å². The van der Waals surface area contributed by atoms with Gasteiger partial charge in [0.2, 0.25) is 5.91 Å². The molecule has 2 atom stereocenters. The van der Waals surface area contributed by atoms with E-state index in [0.717, 1.165) is 37.1 Å². The third-order valence-electron chi connectivity index (χ3n) is 4.54. The molecule has 1 aliphatic heterocycles. The number of hydrogen-bond donors (Lipinski definition) is 2. The van der Waals surface area contributed by atoms with E-state index in [1.54, 1.807) is 0 Å². The Hall–Kier alpha value is -2.33. The minimum Gasteiger partial charge on any atom is -0.493 e. The molecule has 2 N–H and O–H groups in total. The first-order valence-corrected chi connectivity index (χ1v) is 9.04. The molecule has 1 amide bonds. The minimum absolute atomic E-state index is 0.0352. The molecule has 4 nitrogen and oxygen atoms in total. The molecule has 4 heteroatoms. The first kappa shape index (κ1) is 17.5. The smallest absolute Gasteiger partial charge is 0.241 e. The van der Waals surface area contributed by atoms with E-state index in [0.29, 0.717) is 12.6 Å². The fraction of sp³-hybridized carbons (Fsp3) is 0.381. The molecule has 1 heterocycles. The Morgan fingerprint density at radius 1 is 1.16 bits per heavy atom. The van der Waals surface area contributed by atoms with Crippen LogP contribution in [0.2, 0.25) is 0 Å². The molecular weight excluding hydrogens is 312 g/mol. The van der Waals surface area contributed by atoms with Gasteiger partial charge in [-0.15, -0.1) is 0 Å². The summed E-state index contributed by atoms with van der Waals surface area (Å²) < 4.78 is 5.83. The van der Waals surface area contributed by atoms with Crippen LogP contribution in [0.1, 0.15) is 31.7 Å². The van der Waals surface area contributed by atoms with Gasteiger partial charge in [0.25, 0.3) is 0 Å². The monoisotopic (exact) mass is 338 g/mol. The van der Waals surface area contributed by atoms with Gasteiger partial charge in [0.05, 0.1) is 12.6 Å². The average molecular weight is 338 g/mol. The van der Waals surface area contributed by atoms with Crippen molar-refractivity contribution in [3.8, 4) is 5.75 Å². The highest BCUT2D eigenvalue weighted by Crippen LogP contribution is 2.19. The van der Waals surface area contributed by atoms with Crippen LogP contribution in [0.15, 0.2) is 54.6 Å². The van der Waals surface area contributed by atoms with Crippen molar-refractivity contribution in [3.63, 3.8) is 0 Å². The second-order valence-electron chi connectivity index (χ2n) is 6.65. The molecule has 25 heavy (non-hydrogen) atoms. The number of anilines is 1. The summed E-state index contributed by atoms with van der Waals surface area (Å²) in [5, 5.41) is 6.36. The van der Waals surface area contributed by atoms with Crippen LogP contribution in [-0.4, -0.2) is 24.6 Å². The van der Waals surface area contributed by atoms with Crippen LogP contribution in [-0.2, 0) is 11.2 Å². The van der Waals surface area contributed by atoms with Crippen LogP contribution in [0.25, 0.3) is 0 Å². The van der Waals surface area contributed by atoms with Crippen LogP contribution in [0.3, 0.4) is 0 Å². The highest BCUT2D eigenvalue weighted by atomic mass is 16.5. The van der Waals surface area contributed by atoms with E-state index < -0.39 is 0 Å². The number of nitrogens with one attached hydrogen (secondary N) is 2. The molecule has 3 rings (SSSR count). The minimum atomic E-state index is -0.105. The first-order valence-electron chi connectivity index (χ1n) is 9.04. The predicted molar refractivity (Wildman–Crippen MR) is 101 cm³/mol. The third kappa shape index (κ3) is 5.33. The van der Waals surface area contributed by atoms with E-state index in [1.807, 2.05) is 42.5 Å². The van der Waals surface area contributed by atoms with Crippen molar-refractivity contribution in [2.45, 2.75) is 44.7 Å². The largest absolute Gasteiger partial charge is 0.493 e. The fourth-order valence-corrected chi connectivity index (χ4v) is 3.17. The van der Waals surface area contributed by atoms with Crippen LogP contribution < -0.4 is 15.4 Å². The van der Waals surface area contributed by atoms with Crippen LogP contribution in [0.5, 0.6) is 5.75 Å². The molecule has 1 saturated heterocycles. The number of amides is 1. The molecule has 1 aliphatic rings. The summed E-state index contributed by atoms with van der Waals surface area (Å²) >= 11 is 0. The van der Waals surface area contributed by atoms with Crippen molar-refractivity contribution in [3.05, 3.63) is 60.2 Å². The average Bonchev–Trinajstić information content (AvgIpc) is 2.63. The van der Waals surface area contributed by atoms with E-state index in [2.05, 4.69) is 29.7 Å². The Kier molecular flexibility index (Phi) is 6.07. The Morgan fingerprint density at radius 3 is 2.80 bits per heavy atom. The zero-order valence-corrected chi connectivity index (χ0v) is 14.7. The lowest BCUT2D eigenvalue weighted by atomic mass is 9.99. The molecule has 0 spiro atoms. The second-order valence-corrected chi connectivity index (χ2v) is 6.65. The Labute approximate surface area is 149 Å². The SMILES string of the molecule is CC1CCCC(C(=O)Nc2cccc(OCCc3ccccc3)c2)N1. The lowest BCUT2D eigenvalue weighted by Gasteiger charge is -2.27. The molecule has 0 bridgehead atoms. The molecule has 2 aromatic rings. The van der Waals surface area contributed by atoms with Crippen molar-refractivity contribution in [1.29, 1.82) is 0 Å². The summed E-state index contributed by atoms with van der Waals surface area (Å²) in [6.07, 6.45) is 3.98. The van der Waals surface area contributed by atoms with E-state index >= 15 is 0 Å². The summed E-state index contributed by atoms with van der Waals surface area (Å²) in [6.45, 7) is 2.74. The number of rotatable bonds is 6. The number of benzene rings is 2. The number of piperidine rings is 1. The van der Waals surface area contributed by atoms with Crippen molar-refractivity contribution in [2.24, 2.45) is 0 Å². The summed E-state index contributed by atoms with van der Waals surface area (Å²) in [4.78, 5) is 12.4. The predicted octanol–water partition coefficient (Wildman–Crippen LogP) is 3.78. The zero-order valence-electron chi connectivity index (χ0n) is 14.7. The molecule has 0 saturated carbocycles. The Bertz CT molecular complexity index is 687. The van der Waals surface area contributed by atoms with E-state index in [-0.39, 0.29) is 11.9 Å². The van der Waals surface area contributed by atoms with Gasteiger partial charge in [-0.25, -0.2) is 0 Å². The van der Waals surface area contributed by atoms with Gasteiger partial charge in [-0.1, -0.05) is 36.4 Å². The topological polar surface area (TPSA) is 50.4 Å². The third-order valence-corrected chi connectivity index (χ3v) is 4.54. The molecule has 1 fully saturated rings. The summed E-state index contributed by atoms with van der Waals surface area (Å²) in [7, 11) is 0. The van der Waals surface area contributed by atoms with E-state index in [4.69, 9.17) is 4.74 Å². The number of carbonyl (C=O) groups is 1. The van der Waals surface area contributed by atoms with Gasteiger partial charge in [-0.2, -0.15) is 0 Å². The summed E-state index contributed by atoms with van der Waals surface area (Å²) in [5.74, 6) is 0.812. The van der Waals surface area contributed by atoms with Gasteiger partial charge in [-0.3, -0.25) is 4.79 Å². The molecule has 2 aromatic carbocycles. The molecule has 0 radical (unpaired) electrons. The maximum absolute atomic E-state index is 12.4. The molecule has 0 aliphatic carbocycles. The Balaban J connectivity index is 1.51. The standard InChI is InChI=1S/C21H26N2O2/c1-16-7-5-12-20(22-16)21(24)23-18-10-6-11-19(15-18)25-14-13-17-8-3-2-4-9-17/h2-4,6,8-11,15-16,20,22H,5,7,12-14H2,1H3,(H,23,24). The van der Waals surface area contributed by atoms with Gasteiger partial charge >= 0.3 is 0 Å². The Morgan fingerprint density at radius 2 is 2.00 bits per heavy atom. The van der Waals surface area contributed by atoms with Gasteiger partial charge in [-0.05, 0) is 43.9 Å².